The summed E-state index contributed by atoms with van der Waals surface area (Å²) in [6.07, 6.45) is -0.0400. The van der Waals surface area contributed by atoms with Gasteiger partial charge in [0.2, 0.25) is 0 Å². The van der Waals surface area contributed by atoms with Gasteiger partial charge in [0.15, 0.2) is 11.6 Å². The molecular formula is C16H19F4N7O3. The lowest BCUT2D eigenvalue weighted by Crippen LogP contribution is -2.35. The van der Waals surface area contributed by atoms with E-state index in [0.717, 1.165) is 12.8 Å². The van der Waals surface area contributed by atoms with Crippen molar-refractivity contribution < 1.29 is 32.3 Å². The number of carbonyl (C=O) groups excluding carboxylic acids is 1. The molecule has 1 saturated heterocycles. The van der Waals surface area contributed by atoms with Gasteiger partial charge in [0.1, 0.15) is 5.69 Å². The topological polar surface area (TPSA) is 139 Å². The summed E-state index contributed by atoms with van der Waals surface area (Å²) >= 11 is 0. The third-order valence-corrected chi connectivity index (χ3v) is 4.12. The van der Waals surface area contributed by atoms with Crippen LogP contribution in [0, 0.1) is 5.82 Å². The Balaban J connectivity index is 0.000000396. The Morgan fingerprint density at radius 1 is 1.30 bits per heavy atom. The molecule has 0 bridgehead atoms. The zero-order valence-corrected chi connectivity index (χ0v) is 15.5. The van der Waals surface area contributed by atoms with Crippen LogP contribution >= 0.6 is 0 Å². The molecule has 4 N–H and O–H groups in total. The van der Waals surface area contributed by atoms with E-state index in [1.807, 2.05) is 4.90 Å². The molecule has 0 atom stereocenters. The normalized spacial score (nSPS) is 14.6. The van der Waals surface area contributed by atoms with E-state index in [4.69, 9.17) is 15.6 Å². The van der Waals surface area contributed by atoms with E-state index in [1.54, 1.807) is 23.1 Å². The number of urea groups is 1. The summed E-state index contributed by atoms with van der Waals surface area (Å²) < 4.78 is 47.3. The lowest BCUT2D eigenvalue weighted by Gasteiger charge is -2.32. The van der Waals surface area contributed by atoms with Crippen molar-refractivity contribution in [1.82, 2.24) is 25.3 Å². The van der Waals surface area contributed by atoms with E-state index < -0.39 is 18.2 Å². The minimum atomic E-state index is -5.08. The van der Waals surface area contributed by atoms with Crippen LogP contribution in [0.25, 0.3) is 0 Å². The predicted octanol–water partition coefficient (Wildman–Crippen LogP) is 1.46. The average Bonchev–Trinajstić information content (AvgIpc) is 3.16. The van der Waals surface area contributed by atoms with Crippen LogP contribution < -0.4 is 16.0 Å². The third kappa shape index (κ3) is 6.56. The number of carbonyl (C=O) groups is 2. The Morgan fingerprint density at radius 3 is 2.47 bits per heavy atom. The number of aromatic nitrogens is 4. The molecule has 0 spiro atoms. The van der Waals surface area contributed by atoms with Crippen LogP contribution in [0.15, 0.2) is 24.5 Å². The third-order valence-electron chi connectivity index (χ3n) is 4.12. The number of primary amides is 1. The maximum atomic E-state index is 13.8. The molecule has 0 radical (unpaired) electrons. The van der Waals surface area contributed by atoms with Crippen molar-refractivity contribution in [3.05, 3.63) is 36.0 Å². The van der Waals surface area contributed by atoms with Crippen LogP contribution in [0.5, 0.6) is 0 Å². The Kier molecular flexibility index (Phi) is 7.49. The monoisotopic (exact) mass is 433 g/mol. The summed E-state index contributed by atoms with van der Waals surface area (Å²) in [7, 11) is 0. The summed E-state index contributed by atoms with van der Waals surface area (Å²) in [4.78, 5) is 25.6. The molecule has 10 nitrogen and oxygen atoms in total. The fourth-order valence-electron chi connectivity index (χ4n) is 2.70. The molecule has 1 aliphatic heterocycles. The second-order valence-corrected chi connectivity index (χ2v) is 6.24. The van der Waals surface area contributed by atoms with Crippen LogP contribution in [0.1, 0.15) is 24.6 Å². The number of hydrogen-bond donors (Lipinski definition) is 3. The molecule has 0 saturated carbocycles. The number of nitrogens with zero attached hydrogens (tertiary/aromatic N) is 5. The number of nitrogens with one attached hydrogen (secondary N) is 1. The maximum Gasteiger partial charge on any atom is 0.490 e. The van der Waals surface area contributed by atoms with Gasteiger partial charge in [-0.2, -0.15) is 13.2 Å². The molecule has 1 fully saturated rings. The SMILES string of the molecule is NC(=O)NCc1cn(C2CCN(c3ncccc3F)CC2)nn1.O=C(O)C(F)(F)F. The van der Waals surface area contributed by atoms with Crippen molar-refractivity contribution in [2.45, 2.75) is 31.6 Å². The Hall–Kier alpha value is -3.45. The van der Waals surface area contributed by atoms with E-state index in [0.29, 0.717) is 24.6 Å². The number of rotatable bonds is 4. The number of nitrogens with two attached hydrogens (primary N) is 1. The van der Waals surface area contributed by atoms with Crippen LogP contribution in [0.3, 0.4) is 0 Å². The highest BCUT2D eigenvalue weighted by molar-refractivity contribution is 5.73. The second kappa shape index (κ2) is 9.84. The largest absolute Gasteiger partial charge is 0.490 e. The highest BCUT2D eigenvalue weighted by Gasteiger charge is 2.38. The number of alkyl halides is 3. The fourth-order valence-corrected chi connectivity index (χ4v) is 2.70. The molecule has 3 heterocycles. The van der Waals surface area contributed by atoms with Crippen LogP contribution in [-0.2, 0) is 11.3 Å². The summed E-state index contributed by atoms with van der Waals surface area (Å²) in [5.74, 6) is -2.66. The van der Waals surface area contributed by atoms with Gasteiger partial charge in [0, 0.05) is 19.3 Å². The molecular weight excluding hydrogens is 414 g/mol. The lowest BCUT2D eigenvalue weighted by molar-refractivity contribution is -0.192. The molecule has 14 heteroatoms. The first-order valence-electron chi connectivity index (χ1n) is 8.67. The van der Waals surface area contributed by atoms with Gasteiger partial charge in [-0.3, -0.25) is 0 Å². The van der Waals surface area contributed by atoms with E-state index in [1.165, 1.54) is 6.07 Å². The number of carboxylic acid groups (broad SMARTS) is 1. The number of halogens is 4. The number of carboxylic acids is 1. The van der Waals surface area contributed by atoms with Crippen molar-refractivity contribution in [2.24, 2.45) is 5.73 Å². The van der Waals surface area contributed by atoms with Gasteiger partial charge in [-0.05, 0) is 25.0 Å². The lowest BCUT2D eigenvalue weighted by atomic mass is 10.1. The molecule has 2 amide bonds. The fraction of sp³-hybridized carbons (Fsp3) is 0.438. The quantitative estimate of drug-likeness (QED) is 0.620. The summed E-state index contributed by atoms with van der Waals surface area (Å²) in [6.45, 7) is 1.66. The van der Waals surface area contributed by atoms with Crippen molar-refractivity contribution in [3.8, 4) is 0 Å². The van der Waals surface area contributed by atoms with Crippen LogP contribution in [0.2, 0.25) is 0 Å². The minimum absolute atomic E-state index is 0.202. The maximum absolute atomic E-state index is 13.8. The van der Waals surface area contributed by atoms with Gasteiger partial charge in [0.25, 0.3) is 0 Å². The van der Waals surface area contributed by atoms with E-state index in [2.05, 4.69) is 20.6 Å². The molecule has 2 aromatic rings. The highest BCUT2D eigenvalue weighted by Crippen LogP contribution is 2.26. The summed E-state index contributed by atoms with van der Waals surface area (Å²) in [6, 6.07) is 2.62. The van der Waals surface area contributed by atoms with Crippen molar-refractivity contribution in [1.29, 1.82) is 0 Å². The molecule has 3 rings (SSSR count). The van der Waals surface area contributed by atoms with Crippen LogP contribution in [0.4, 0.5) is 28.2 Å². The number of pyridine rings is 1. The molecule has 1 aliphatic rings. The number of aliphatic carboxylic acids is 1. The number of hydrogen-bond acceptors (Lipinski definition) is 6. The van der Waals surface area contributed by atoms with Crippen LogP contribution in [-0.4, -0.2) is 56.4 Å². The molecule has 0 unspecified atom stereocenters. The first-order chi connectivity index (χ1) is 14.1. The smallest absolute Gasteiger partial charge is 0.475 e. The zero-order chi connectivity index (χ0) is 22.3. The summed E-state index contributed by atoms with van der Waals surface area (Å²) in [5, 5.41) is 17.7. The van der Waals surface area contributed by atoms with E-state index >= 15 is 0 Å². The van der Waals surface area contributed by atoms with E-state index in [-0.39, 0.29) is 18.4 Å². The highest BCUT2D eigenvalue weighted by atomic mass is 19.4. The van der Waals surface area contributed by atoms with Crippen molar-refractivity contribution in [2.75, 3.05) is 18.0 Å². The minimum Gasteiger partial charge on any atom is -0.475 e. The van der Waals surface area contributed by atoms with Gasteiger partial charge < -0.3 is 21.1 Å². The first-order valence-corrected chi connectivity index (χ1v) is 8.67. The molecule has 2 aromatic heterocycles. The molecule has 164 valence electrons. The van der Waals surface area contributed by atoms with Crippen molar-refractivity contribution in [3.63, 3.8) is 0 Å². The van der Waals surface area contributed by atoms with Crippen molar-refractivity contribution >= 4 is 17.8 Å². The van der Waals surface area contributed by atoms with Gasteiger partial charge in [0.05, 0.1) is 18.8 Å². The Morgan fingerprint density at radius 2 is 1.93 bits per heavy atom. The standard InChI is InChI=1S/C14H18FN7O.C2HF3O2/c15-12-2-1-5-17-13(12)21-6-3-11(4-7-21)22-9-10(19-20-22)8-18-14(16)23;3-2(4,5)1(6)7/h1-2,5,9,11H,3-4,6-8H2,(H3,16,18,23);(H,6,7). The molecule has 0 aliphatic carbocycles. The number of anilines is 1. The predicted molar refractivity (Wildman–Crippen MR) is 94.8 cm³/mol. The van der Waals surface area contributed by atoms with E-state index in [9.17, 15) is 22.4 Å². The molecule has 0 aromatic carbocycles. The second-order valence-electron chi connectivity index (χ2n) is 6.24. The Labute approximate surface area is 167 Å². The van der Waals surface area contributed by atoms with Gasteiger partial charge >= 0.3 is 18.2 Å². The zero-order valence-electron chi connectivity index (χ0n) is 15.5. The number of piperidine rings is 1. The Bertz CT molecular complexity index is 867. The average molecular weight is 433 g/mol. The summed E-state index contributed by atoms with van der Waals surface area (Å²) in [5.41, 5.74) is 5.68. The first kappa shape index (κ1) is 22.8. The molecule has 30 heavy (non-hydrogen) atoms. The number of amides is 2. The van der Waals surface area contributed by atoms with Gasteiger partial charge in [-0.25, -0.2) is 23.6 Å². The van der Waals surface area contributed by atoms with Gasteiger partial charge in [-0.1, -0.05) is 5.21 Å². The van der Waals surface area contributed by atoms with Gasteiger partial charge in [-0.15, -0.1) is 5.10 Å².